The molecule has 6 heteroatoms. The van der Waals surface area contributed by atoms with Crippen molar-refractivity contribution >= 4 is 7.37 Å². The quantitative estimate of drug-likeness (QED) is 0.473. The predicted molar refractivity (Wildman–Crippen MR) is 98.6 cm³/mol. The van der Waals surface area contributed by atoms with Crippen molar-refractivity contribution in [3.05, 3.63) is 71.3 Å². The average Bonchev–Trinajstić information content (AvgIpc) is 2.59. The molecular formula is C19H23N2O3P. The molecule has 0 aromatic heterocycles. The molecule has 0 aliphatic carbocycles. The topological polar surface area (TPSA) is 93.4 Å². The van der Waals surface area contributed by atoms with Crippen LogP contribution in [0.15, 0.2) is 54.6 Å². The maximum atomic E-state index is 12.3. The van der Waals surface area contributed by atoms with E-state index in [-0.39, 0.29) is 18.9 Å². The molecule has 2 rings (SSSR count). The molecule has 2 atom stereocenters. The molecule has 0 radical (unpaired) electrons. The lowest BCUT2D eigenvalue weighted by atomic mass is 10.1. The second kappa shape index (κ2) is 9.50. The summed E-state index contributed by atoms with van der Waals surface area (Å²) in [5.41, 5.74) is 2.46. The Balaban J connectivity index is 1.72. The van der Waals surface area contributed by atoms with E-state index < -0.39 is 13.5 Å². The molecule has 0 bridgehead atoms. The molecular weight excluding hydrogens is 335 g/mol. The van der Waals surface area contributed by atoms with Crippen LogP contribution in [0.4, 0.5) is 0 Å². The summed E-state index contributed by atoms with van der Waals surface area (Å²) in [4.78, 5) is 10.1. The summed E-state index contributed by atoms with van der Waals surface area (Å²) < 4.78 is 12.3. The first-order valence-corrected chi connectivity index (χ1v) is 10.2. The van der Waals surface area contributed by atoms with E-state index in [1.165, 1.54) is 0 Å². The first-order chi connectivity index (χ1) is 12.0. The van der Waals surface area contributed by atoms with Gasteiger partial charge < -0.3 is 15.3 Å². The van der Waals surface area contributed by atoms with Crippen molar-refractivity contribution in [3.8, 4) is 6.07 Å². The van der Waals surface area contributed by atoms with Gasteiger partial charge in [-0.3, -0.25) is 4.57 Å². The van der Waals surface area contributed by atoms with Crippen molar-refractivity contribution in [2.75, 3.05) is 19.3 Å². The zero-order valence-corrected chi connectivity index (χ0v) is 14.9. The Kier molecular flexibility index (Phi) is 7.36. The molecule has 0 spiro atoms. The summed E-state index contributed by atoms with van der Waals surface area (Å²) in [6.07, 6.45) is -0.196. The molecule has 3 N–H and O–H groups in total. The van der Waals surface area contributed by atoms with Crippen LogP contribution < -0.4 is 5.32 Å². The van der Waals surface area contributed by atoms with Crippen LogP contribution in [0.1, 0.15) is 16.7 Å². The summed E-state index contributed by atoms with van der Waals surface area (Å²) >= 11 is 0. The molecule has 0 heterocycles. The SMILES string of the molecule is N#Cc1cccc(CCNC[C@@H](O)CP(=O)(O)Cc2ccccc2)c1. The third-order valence-corrected chi connectivity index (χ3v) is 5.65. The fourth-order valence-electron chi connectivity index (χ4n) is 2.62. The number of nitriles is 1. The first kappa shape index (κ1) is 19.4. The predicted octanol–water partition coefficient (Wildman–Crippen LogP) is 2.52. The molecule has 0 aliphatic heterocycles. The Morgan fingerprint density at radius 1 is 1.12 bits per heavy atom. The van der Waals surface area contributed by atoms with Gasteiger partial charge in [-0.15, -0.1) is 0 Å². The number of aliphatic hydroxyl groups is 1. The molecule has 1 unspecified atom stereocenters. The molecule has 25 heavy (non-hydrogen) atoms. The van der Waals surface area contributed by atoms with E-state index in [2.05, 4.69) is 11.4 Å². The minimum atomic E-state index is -3.41. The van der Waals surface area contributed by atoms with Crippen molar-refractivity contribution in [3.63, 3.8) is 0 Å². The van der Waals surface area contributed by atoms with Crippen LogP contribution in [0.2, 0.25) is 0 Å². The van der Waals surface area contributed by atoms with Crippen LogP contribution >= 0.6 is 7.37 Å². The number of nitrogens with one attached hydrogen (secondary N) is 1. The molecule has 2 aromatic carbocycles. The van der Waals surface area contributed by atoms with Crippen LogP contribution in [0.5, 0.6) is 0 Å². The molecule has 0 amide bonds. The lowest BCUT2D eigenvalue weighted by Crippen LogP contribution is -2.31. The molecule has 0 aliphatic rings. The molecule has 0 saturated heterocycles. The van der Waals surface area contributed by atoms with Crippen LogP contribution in [-0.4, -0.2) is 35.4 Å². The molecule has 132 valence electrons. The first-order valence-electron chi connectivity index (χ1n) is 8.21. The van der Waals surface area contributed by atoms with E-state index in [1.54, 1.807) is 6.07 Å². The van der Waals surface area contributed by atoms with Gasteiger partial charge in [-0.05, 0) is 36.2 Å². The van der Waals surface area contributed by atoms with Gasteiger partial charge in [-0.1, -0.05) is 42.5 Å². The Bertz CT molecular complexity index is 759. The fourth-order valence-corrected chi connectivity index (χ4v) is 4.32. The van der Waals surface area contributed by atoms with E-state index in [1.807, 2.05) is 48.5 Å². The Hall–Kier alpha value is -1.96. The second-order valence-electron chi connectivity index (χ2n) is 6.09. The van der Waals surface area contributed by atoms with E-state index in [0.717, 1.165) is 17.5 Å². The zero-order chi connectivity index (χ0) is 18.1. The number of hydrogen-bond donors (Lipinski definition) is 3. The maximum absolute atomic E-state index is 12.3. The van der Waals surface area contributed by atoms with Crippen LogP contribution in [0.3, 0.4) is 0 Å². The van der Waals surface area contributed by atoms with Gasteiger partial charge in [0.05, 0.1) is 23.9 Å². The van der Waals surface area contributed by atoms with E-state index in [0.29, 0.717) is 12.1 Å². The van der Waals surface area contributed by atoms with Gasteiger partial charge in [-0.2, -0.15) is 5.26 Å². The van der Waals surface area contributed by atoms with Gasteiger partial charge in [0.2, 0.25) is 7.37 Å². The molecule has 2 aromatic rings. The smallest absolute Gasteiger partial charge is 0.207 e. The lowest BCUT2D eigenvalue weighted by Gasteiger charge is -2.17. The normalized spacial score (nSPS) is 14.4. The fraction of sp³-hybridized carbons (Fsp3) is 0.316. The standard InChI is InChI=1S/C19H23N2O3P/c20-12-18-8-4-7-16(11-18)9-10-21-13-19(22)15-25(23,24)14-17-5-2-1-3-6-17/h1-8,11,19,21-22H,9-10,13-15H2,(H,23,24)/t19-/m1/s1. The van der Waals surface area contributed by atoms with Gasteiger partial charge in [0.25, 0.3) is 0 Å². The zero-order valence-electron chi connectivity index (χ0n) is 14.0. The van der Waals surface area contributed by atoms with E-state index in [9.17, 15) is 14.6 Å². The lowest BCUT2D eigenvalue weighted by molar-refractivity contribution is 0.191. The summed E-state index contributed by atoms with van der Waals surface area (Å²) in [6.45, 7) is 0.887. The summed E-state index contributed by atoms with van der Waals surface area (Å²) in [6, 6.07) is 18.6. The average molecular weight is 358 g/mol. The summed E-state index contributed by atoms with van der Waals surface area (Å²) in [7, 11) is -3.41. The number of benzene rings is 2. The van der Waals surface area contributed by atoms with Crippen LogP contribution in [-0.2, 0) is 17.1 Å². The highest BCUT2D eigenvalue weighted by atomic mass is 31.2. The van der Waals surface area contributed by atoms with Crippen molar-refractivity contribution in [2.24, 2.45) is 0 Å². The summed E-state index contributed by atoms with van der Waals surface area (Å²) in [5.74, 6) is 0. The molecule has 0 fully saturated rings. The van der Waals surface area contributed by atoms with Crippen LogP contribution in [0, 0.1) is 11.3 Å². The minimum absolute atomic E-state index is 0.0752. The monoisotopic (exact) mass is 358 g/mol. The van der Waals surface area contributed by atoms with Gasteiger partial charge in [-0.25, -0.2) is 0 Å². The molecule has 5 nitrogen and oxygen atoms in total. The van der Waals surface area contributed by atoms with Gasteiger partial charge in [0.1, 0.15) is 0 Å². The van der Waals surface area contributed by atoms with Crippen molar-refractivity contribution in [1.82, 2.24) is 5.32 Å². The minimum Gasteiger partial charge on any atom is -0.391 e. The van der Waals surface area contributed by atoms with Crippen molar-refractivity contribution in [1.29, 1.82) is 5.26 Å². The van der Waals surface area contributed by atoms with Gasteiger partial charge in [0.15, 0.2) is 0 Å². The Morgan fingerprint density at radius 3 is 2.56 bits per heavy atom. The Morgan fingerprint density at radius 2 is 1.84 bits per heavy atom. The van der Waals surface area contributed by atoms with Crippen molar-refractivity contribution in [2.45, 2.75) is 18.7 Å². The highest BCUT2D eigenvalue weighted by Gasteiger charge is 2.23. The third kappa shape index (κ3) is 7.21. The van der Waals surface area contributed by atoms with Crippen LogP contribution in [0.25, 0.3) is 0 Å². The highest BCUT2D eigenvalue weighted by Crippen LogP contribution is 2.44. The van der Waals surface area contributed by atoms with E-state index in [4.69, 9.17) is 5.26 Å². The van der Waals surface area contributed by atoms with Crippen molar-refractivity contribution < 1.29 is 14.6 Å². The van der Waals surface area contributed by atoms with Gasteiger partial charge in [0, 0.05) is 12.7 Å². The second-order valence-corrected chi connectivity index (χ2v) is 8.47. The largest absolute Gasteiger partial charge is 0.391 e. The molecule has 0 saturated carbocycles. The Labute approximate surface area is 148 Å². The van der Waals surface area contributed by atoms with Gasteiger partial charge >= 0.3 is 0 Å². The number of aliphatic hydroxyl groups excluding tert-OH is 1. The third-order valence-electron chi connectivity index (χ3n) is 3.79. The highest BCUT2D eigenvalue weighted by molar-refractivity contribution is 7.57. The maximum Gasteiger partial charge on any atom is 0.207 e. The number of hydrogen-bond acceptors (Lipinski definition) is 4. The summed E-state index contributed by atoms with van der Waals surface area (Å²) in [5, 5.41) is 22.0. The number of rotatable bonds is 9. The number of nitrogens with zero attached hydrogens (tertiary/aromatic N) is 1. The van der Waals surface area contributed by atoms with E-state index >= 15 is 0 Å².